The lowest BCUT2D eigenvalue weighted by Crippen LogP contribution is -2.71. The Balaban J connectivity index is 1.51. The number of hydrogen-bond acceptors (Lipinski definition) is 3. The first kappa shape index (κ1) is 12.7. The number of nitrogens with zero attached hydrogens (tertiary/aromatic N) is 1. The van der Waals surface area contributed by atoms with Crippen LogP contribution in [0.3, 0.4) is 0 Å². The fourth-order valence-corrected chi connectivity index (χ4v) is 4.53. The molecule has 1 aromatic rings. The van der Waals surface area contributed by atoms with Gasteiger partial charge in [-0.3, -0.25) is 4.98 Å². The SMILES string of the molecule is C[C@H](N[C@@H]1[C@H]2CCO[C@H]2C12CCC2)c1cncc(F)c1. The predicted molar refractivity (Wildman–Crippen MR) is 73.7 cm³/mol. The number of nitrogens with one attached hydrogen (secondary N) is 1. The number of rotatable bonds is 3. The van der Waals surface area contributed by atoms with Gasteiger partial charge in [-0.25, -0.2) is 4.39 Å². The monoisotopic (exact) mass is 276 g/mol. The zero-order valence-electron chi connectivity index (χ0n) is 11.8. The van der Waals surface area contributed by atoms with Gasteiger partial charge in [0.1, 0.15) is 5.82 Å². The van der Waals surface area contributed by atoms with E-state index in [2.05, 4.69) is 17.2 Å². The second kappa shape index (κ2) is 4.50. The van der Waals surface area contributed by atoms with Crippen LogP contribution in [0.15, 0.2) is 18.5 Å². The first-order chi connectivity index (χ1) is 9.71. The molecule has 0 aromatic carbocycles. The van der Waals surface area contributed by atoms with E-state index in [1.54, 1.807) is 12.3 Å². The van der Waals surface area contributed by atoms with Crippen LogP contribution in [0.4, 0.5) is 4.39 Å². The van der Waals surface area contributed by atoms with Crippen molar-refractivity contribution >= 4 is 0 Å². The number of hydrogen-bond donors (Lipinski definition) is 1. The molecule has 1 aromatic heterocycles. The Kier molecular flexibility index (Phi) is 2.86. The molecule has 2 heterocycles. The third-order valence-electron chi connectivity index (χ3n) is 5.69. The minimum Gasteiger partial charge on any atom is -0.377 e. The third kappa shape index (κ3) is 1.67. The largest absolute Gasteiger partial charge is 0.377 e. The lowest BCUT2D eigenvalue weighted by atomic mass is 9.46. The van der Waals surface area contributed by atoms with Crippen LogP contribution in [0.2, 0.25) is 0 Å². The summed E-state index contributed by atoms with van der Waals surface area (Å²) in [7, 11) is 0. The van der Waals surface area contributed by atoms with E-state index in [9.17, 15) is 4.39 Å². The maximum Gasteiger partial charge on any atom is 0.141 e. The second-order valence-corrected chi connectivity index (χ2v) is 6.63. The van der Waals surface area contributed by atoms with E-state index in [-0.39, 0.29) is 11.9 Å². The molecular formula is C16H21FN2O. The normalized spacial score (nSPS) is 35.2. The number of ether oxygens (including phenoxy) is 1. The average molecular weight is 276 g/mol. The molecule has 1 N–H and O–H groups in total. The third-order valence-corrected chi connectivity index (χ3v) is 5.69. The summed E-state index contributed by atoms with van der Waals surface area (Å²) in [6.07, 6.45) is 8.54. The van der Waals surface area contributed by atoms with Crippen molar-refractivity contribution in [3.8, 4) is 0 Å². The molecular weight excluding hydrogens is 255 g/mol. The van der Waals surface area contributed by atoms with Gasteiger partial charge in [-0.05, 0) is 37.8 Å². The molecule has 2 saturated carbocycles. The summed E-state index contributed by atoms with van der Waals surface area (Å²) < 4.78 is 19.2. The smallest absolute Gasteiger partial charge is 0.141 e. The topological polar surface area (TPSA) is 34.1 Å². The van der Waals surface area contributed by atoms with Crippen LogP contribution in [-0.2, 0) is 4.74 Å². The zero-order chi connectivity index (χ0) is 13.7. The molecule has 0 amide bonds. The van der Waals surface area contributed by atoms with Crippen molar-refractivity contribution in [1.82, 2.24) is 10.3 Å². The Morgan fingerprint density at radius 3 is 3.00 bits per heavy atom. The molecule has 4 atom stereocenters. The van der Waals surface area contributed by atoms with Gasteiger partial charge in [0.15, 0.2) is 0 Å². The van der Waals surface area contributed by atoms with E-state index >= 15 is 0 Å². The minimum absolute atomic E-state index is 0.141. The predicted octanol–water partition coefficient (Wildman–Crippen LogP) is 2.83. The highest BCUT2D eigenvalue weighted by Gasteiger charge is 2.66. The van der Waals surface area contributed by atoms with Gasteiger partial charge in [0.2, 0.25) is 0 Å². The highest BCUT2D eigenvalue weighted by atomic mass is 19.1. The standard InChI is InChI=1S/C16H21FN2O/c1-10(11-7-12(17)9-18-8-11)19-14-13-3-6-20-15(13)16(14)4-2-5-16/h7-10,13-15,19H,2-6H2,1H3/t10-,13+,14+,15+/m0/s1. The molecule has 20 heavy (non-hydrogen) atoms. The number of aromatic nitrogens is 1. The molecule has 0 unspecified atom stereocenters. The van der Waals surface area contributed by atoms with Crippen molar-refractivity contribution in [1.29, 1.82) is 0 Å². The molecule has 1 saturated heterocycles. The van der Waals surface area contributed by atoms with Crippen LogP contribution in [0, 0.1) is 17.2 Å². The van der Waals surface area contributed by atoms with Crippen LogP contribution in [-0.4, -0.2) is 23.7 Å². The Morgan fingerprint density at radius 2 is 2.30 bits per heavy atom. The summed E-state index contributed by atoms with van der Waals surface area (Å²) >= 11 is 0. The van der Waals surface area contributed by atoms with Crippen molar-refractivity contribution in [3.63, 3.8) is 0 Å². The van der Waals surface area contributed by atoms with Crippen molar-refractivity contribution < 1.29 is 9.13 Å². The zero-order valence-corrected chi connectivity index (χ0v) is 11.8. The summed E-state index contributed by atoms with van der Waals surface area (Å²) in [5.74, 6) is 0.393. The average Bonchev–Trinajstić information content (AvgIpc) is 2.79. The fourth-order valence-electron chi connectivity index (χ4n) is 4.53. The Labute approximate surface area is 118 Å². The van der Waals surface area contributed by atoms with Gasteiger partial charge in [0, 0.05) is 36.2 Å². The van der Waals surface area contributed by atoms with E-state index in [4.69, 9.17) is 4.74 Å². The van der Waals surface area contributed by atoms with Gasteiger partial charge in [-0.15, -0.1) is 0 Å². The van der Waals surface area contributed by atoms with Crippen LogP contribution in [0.25, 0.3) is 0 Å². The van der Waals surface area contributed by atoms with Gasteiger partial charge in [0.05, 0.1) is 12.3 Å². The number of halogens is 1. The van der Waals surface area contributed by atoms with Crippen molar-refractivity contribution in [2.75, 3.05) is 6.61 Å². The summed E-state index contributed by atoms with van der Waals surface area (Å²) in [4.78, 5) is 3.95. The van der Waals surface area contributed by atoms with Crippen LogP contribution >= 0.6 is 0 Å². The van der Waals surface area contributed by atoms with Gasteiger partial charge < -0.3 is 10.1 Å². The van der Waals surface area contributed by atoms with E-state index in [0.29, 0.717) is 23.5 Å². The van der Waals surface area contributed by atoms with E-state index in [1.165, 1.54) is 25.5 Å². The Morgan fingerprint density at radius 1 is 1.45 bits per heavy atom. The van der Waals surface area contributed by atoms with E-state index in [0.717, 1.165) is 18.6 Å². The second-order valence-electron chi connectivity index (χ2n) is 6.63. The highest BCUT2D eigenvalue weighted by molar-refractivity contribution is 5.21. The minimum atomic E-state index is -0.259. The molecule has 0 radical (unpaired) electrons. The summed E-state index contributed by atoms with van der Waals surface area (Å²) in [5, 5.41) is 3.74. The molecule has 4 heteroatoms. The maximum atomic E-state index is 13.3. The van der Waals surface area contributed by atoms with Crippen LogP contribution in [0.1, 0.15) is 44.2 Å². The van der Waals surface area contributed by atoms with E-state index in [1.807, 2.05) is 0 Å². The fraction of sp³-hybridized carbons (Fsp3) is 0.688. The number of pyridine rings is 1. The first-order valence-corrected chi connectivity index (χ1v) is 7.69. The molecule has 4 rings (SSSR count). The first-order valence-electron chi connectivity index (χ1n) is 7.69. The quantitative estimate of drug-likeness (QED) is 0.922. The van der Waals surface area contributed by atoms with Crippen molar-refractivity contribution in [3.05, 3.63) is 29.8 Å². The lowest BCUT2D eigenvalue weighted by Gasteiger charge is -2.64. The van der Waals surface area contributed by atoms with Crippen LogP contribution in [0.5, 0.6) is 0 Å². The summed E-state index contributed by atoms with van der Waals surface area (Å²) in [5.41, 5.74) is 1.30. The molecule has 108 valence electrons. The van der Waals surface area contributed by atoms with Gasteiger partial charge >= 0.3 is 0 Å². The Hall–Kier alpha value is -1.00. The van der Waals surface area contributed by atoms with Crippen molar-refractivity contribution in [2.45, 2.75) is 50.8 Å². The van der Waals surface area contributed by atoms with E-state index < -0.39 is 0 Å². The molecule has 3 nitrogen and oxygen atoms in total. The molecule has 3 fully saturated rings. The van der Waals surface area contributed by atoms with Crippen LogP contribution < -0.4 is 5.32 Å². The lowest BCUT2D eigenvalue weighted by molar-refractivity contribution is -0.178. The van der Waals surface area contributed by atoms with Gasteiger partial charge in [0.25, 0.3) is 0 Å². The highest BCUT2D eigenvalue weighted by Crippen LogP contribution is 2.63. The van der Waals surface area contributed by atoms with Gasteiger partial charge in [-0.2, -0.15) is 0 Å². The molecule has 1 spiro atoms. The number of fused-ring (bicyclic) bond motifs is 2. The summed E-state index contributed by atoms with van der Waals surface area (Å²) in [6, 6.07) is 2.25. The van der Waals surface area contributed by atoms with Gasteiger partial charge in [-0.1, -0.05) is 6.42 Å². The maximum absolute atomic E-state index is 13.3. The molecule has 1 aliphatic heterocycles. The summed E-state index contributed by atoms with van der Waals surface area (Å²) in [6.45, 7) is 3.01. The molecule has 2 aliphatic carbocycles. The van der Waals surface area contributed by atoms with Crippen molar-refractivity contribution in [2.24, 2.45) is 11.3 Å². The Bertz CT molecular complexity index is 517. The molecule has 3 aliphatic rings. The molecule has 0 bridgehead atoms.